The average molecular weight is 527 g/mol. The Morgan fingerprint density at radius 2 is 1.74 bits per heavy atom. The van der Waals surface area contributed by atoms with Gasteiger partial charge in [-0.05, 0) is 97.9 Å². The van der Waals surface area contributed by atoms with Gasteiger partial charge >= 0.3 is 0 Å². The van der Waals surface area contributed by atoms with Crippen LogP contribution in [0.15, 0.2) is 91.3 Å². The van der Waals surface area contributed by atoms with Crippen LogP contribution in [0, 0.1) is 0 Å². The number of ether oxygens (including phenoxy) is 3. The van der Waals surface area contributed by atoms with Gasteiger partial charge in [0.25, 0.3) is 0 Å². The largest absolute Gasteiger partial charge is 0.497 e. The Morgan fingerprint density at radius 1 is 0.974 bits per heavy atom. The van der Waals surface area contributed by atoms with Crippen molar-refractivity contribution in [1.29, 1.82) is 0 Å². The molecule has 0 unspecified atom stereocenters. The third-order valence-corrected chi connectivity index (χ3v) is 7.41. The van der Waals surface area contributed by atoms with Crippen molar-refractivity contribution in [2.75, 3.05) is 18.6 Å². The van der Waals surface area contributed by atoms with Crippen LogP contribution in [0.1, 0.15) is 36.3 Å². The summed E-state index contributed by atoms with van der Waals surface area (Å²) in [5.74, 6) is 2.29. The molecule has 2 aliphatic rings. The molecule has 2 aliphatic heterocycles. The van der Waals surface area contributed by atoms with E-state index in [1.54, 1.807) is 7.11 Å². The maximum atomic E-state index is 6.05. The molecule has 2 aromatic heterocycles. The summed E-state index contributed by atoms with van der Waals surface area (Å²) < 4.78 is 19.6. The second-order valence-corrected chi connectivity index (χ2v) is 9.88. The number of nitrogens with one attached hydrogen (secondary N) is 1. The zero-order valence-electron chi connectivity index (χ0n) is 21.2. The molecule has 8 heteroatoms. The Balaban J connectivity index is 1.31. The molecule has 0 radical (unpaired) electrons. The fourth-order valence-electron chi connectivity index (χ4n) is 5.26. The lowest BCUT2D eigenvalue weighted by Gasteiger charge is -2.29. The third-order valence-electron chi connectivity index (χ3n) is 7.10. The number of nitrogens with zero attached hydrogens (tertiary/aromatic N) is 3. The van der Waals surface area contributed by atoms with Crippen molar-refractivity contribution in [2.45, 2.75) is 37.6 Å². The van der Waals surface area contributed by atoms with Crippen LogP contribution in [0.3, 0.4) is 0 Å². The topological polar surface area (TPSA) is 60.8 Å². The van der Waals surface area contributed by atoms with E-state index in [-0.39, 0.29) is 18.2 Å². The number of pyridine rings is 1. The molecule has 38 heavy (non-hydrogen) atoms. The maximum Gasteiger partial charge on any atom is 0.174 e. The van der Waals surface area contributed by atoms with Gasteiger partial charge in [0, 0.05) is 36.9 Å². The monoisotopic (exact) mass is 526 g/mol. The lowest BCUT2D eigenvalue weighted by Crippen LogP contribution is -2.31. The third kappa shape index (κ3) is 4.97. The lowest BCUT2D eigenvalue weighted by atomic mass is 10.0. The zero-order valence-corrected chi connectivity index (χ0v) is 22.0. The standard InChI is InChI=1S/C30H30N4O3S/c1-35-22-13-15-24(16-14-22)37-23-11-9-21(10-12-23)34-29(28(32-30(34)38)26-7-2-3-17-31-26)27-8-4-18-33(27)20-25-6-5-19-36-25/h2-4,7-18,25,28-29H,5-6,19-20H2,1H3,(H,32,38)/t25-,28-,29+/m0/s1. The van der Waals surface area contributed by atoms with E-state index in [0.29, 0.717) is 5.11 Å². The van der Waals surface area contributed by atoms with Gasteiger partial charge in [-0.1, -0.05) is 6.07 Å². The van der Waals surface area contributed by atoms with Crippen LogP contribution in [0.4, 0.5) is 5.69 Å². The molecule has 6 rings (SSSR count). The predicted molar refractivity (Wildman–Crippen MR) is 151 cm³/mol. The van der Waals surface area contributed by atoms with Crippen LogP contribution in [0.2, 0.25) is 0 Å². The van der Waals surface area contributed by atoms with Crippen molar-refractivity contribution in [2.24, 2.45) is 0 Å². The Bertz CT molecular complexity index is 1370. The summed E-state index contributed by atoms with van der Waals surface area (Å²) in [7, 11) is 1.65. The first-order valence-electron chi connectivity index (χ1n) is 12.9. The summed E-state index contributed by atoms with van der Waals surface area (Å²) in [6.45, 7) is 1.66. The first-order chi connectivity index (χ1) is 18.7. The highest BCUT2D eigenvalue weighted by atomic mass is 32.1. The second kappa shape index (κ2) is 10.8. The highest BCUT2D eigenvalue weighted by molar-refractivity contribution is 7.80. The highest BCUT2D eigenvalue weighted by Gasteiger charge is 2.42. The van der Waals surface area contributed by atoms with Gasteiger partial charge in [-0.3, -0.25) is 4.98 Å². The fraction of sp³-hybridized carbons (Fsp3) is 0.267. The first-order valence-corrected chi connectivity index (χ1v) is 13.3. The van der Waals surface area contributed by atoms with Crippen LogP contribution in [0.25, 0.3) is 0 Å². The minimum absolute atomic E-state index is 0.0813. The van der Waals surface area contributed by atoms with Gasteiger partial charge in [0.05, 0.1) is 24.9 Å². The number of aromatic nitrogens is 2. The molecule has 4 heterocycles. The Labute approximate surface area is 228 Å². The van der Waals surface area contributed by atoms with E-state index in [4.69, 9.17) is 26.4 Å². The molecule has 0 spiro atoms. The normalized spacial score (nSPS) is 20.9. The van der Waals surface area contributed by atoms with Gasteiger partial charge in [-0.2, -0.15) is 0 Å². The number of thiocarbonyl (C=S) groups is 1. The Morgan fingerprint density at radius 3 is 2.42 bits per heavy atom. The molecule has 7 nitrogen and oxygen atoms in total. The number of methoxy groups -OCH3 is 1. The van der Waals surface area contributed by atoms with Crippen molar-refractivity contribution in [3.8, 4) is 17.2 Å². The molecule has 4 aromatic rings. The van der Waals surface area contributed by atoms with Crippen LogP contribution >= 0.6 is 12.2 Å². The molecule has 0 saturated carbocycles. The molecule has 1 N–H and O–H groups in total. The van der Waals surface area contributed by atoms with Crippen molar-refractivity contribution < 1.29 is 14.2 Å². The van der Waals surface area contributed by atoms with Crippen LogP contribution in [-0.4, -0.2) is 34.5 Å². The zero-order chi connectivity index (χ0) is 25.9. The van der Waals surface area contributed by atoms with E-state index in [1.165, 1.54) is 5.69 Å². The van der Waals surface area contributed by atoms with E-state index in [1.807, 2.05) is 66.9 Å². The van der Waals surface area contributed by atoms with Crippen molar-refractivity contribution in [1.82, 2.24) is 14.9 Å². The molecule has 194 valence electrons. The summed E-state index contributed by atoms with van der Waals surface area (Å²) in [5.41, 5.74) is 3.10. The Hall–Kier alpha value is -3.88. The summed E-state index contributed by atoms with van der Waals surface area (Å²) in [4.78, 5) is 6.87. The van der Waals surface area contributed by atoms with Crippen molar-refractivity contribution >= 4 is 23.0 Å². The molecule has 2 saturated heterocycles. The molecule has 0 bridgehead atoms. The first kappa shape index (κ1) is 24.5. The molecule has 0 amide bonds. The average Bonchev–Trinajstić information content (AvgIpc) is 3.71. The van der Waals surface area contributed by atoms with Gasteiger partial charge in [-0.25, -0.2) is 0 Å². The molecule has 0 aliphatic carbocycles. The van der Waals surface area contributed by atoms with Gasteiger partial charge in [-0.15, -0.1) is 0 Å². The van der Waals surface area contributed by atoms with E-state index in [2.05, 4.69) is 44.2 Å². The van der Waals surface area contributed by atoms with Crippen LogP contribution in [-0.2, 0) is 11.3 Å². The van der Waals surface area contributed by atoms with E-state index < -0.39 is 0 Å². The molecule has 3 atom stereocenters. The maximum absolute atomic E-state index is 6.05. The van der Waals surface area contributed by atoms with E-state index in [0.717, 1.165) is 54.6 Å². The summed E-state index contributed by atoms with van der Waals surface area (Å²) in [5, 5.41) is 4.22. The second-order valence-electron chi connectivity index (χ2n) is 9.49. The number of anilines is 1. The Kier molecular flexibility index (Phi) is 6.98. The number of rotatable bonds is 8. The summed E-state index contributed by atoms with van der Waals surface area (Å²) >= 11 is 5.91. The number of benzene rings is 2. The van der Waals surface area contributed by atoms with Crippen molar-refractivity contribution in [3.05, 3.63) is 103 Å². The minimum atomic E-state index is -0.0999. The molecule has 2 aromatic carbocycles. The van der Waals surface area contributed by atoms with Gasteiger partial charge in [0.1, 0.15) is 23.3 Å². The van der Waals surface area contributed by atoms with E-state index >= 15 is 0 Å². The number of hydrogen-bond acceptors (Lipinski definition) is 5. The van der Waals surface area contributed by atoms with Gasteiger partial charge in [0.15, 0.2) is 5.11 Å². The van der Waals surface area contributed by atoms with Gasteiger partial charge < -0.3 is 29.0 Å². The lowest BCUT2D eigenvalue weighted by molar-refractivity contribution is 0.0961. The fourth-order valence-corrected chi connectivity index (χ4v) is 5.60. The minimum Gasteiger partial charge on any atom is -0.497 e. The summed E-state index contributed by atoms with van der Waals surface area (Å²) in [6.07, 6.45) is 6.40. The van der Waals surface area contributed by atoms with E-state index in [9.17, 15) is 0 Å². The SMILES string of the molecule is COc1ccc(Oc2ccc(N3C(=S)N[C@@H](c4ccccn4)[C@H]3c3cccn3C[C@@H]3CCCO3)cc2)cc1. The summed E-state index contributed by atoms with van der Waals surface area (Å²) in [6, 6.07) is 25.7. The van der Waals surface area contributed by atoms with Crippen LogP contribution in [0.5, 0.6) is 17.2 Å². The highest BCUT2D eigenvalue weighted by Crippen LogP contribution is 2.42. The van der Waals surface area contributed by atoms with Crippen LogP contribution < -0.4 is 19.7 Å². The number of hydrogen-bond donors (Lipinski definition) is 1. The van der Waals surface area contributed by atoms with Gasteiger partial charge in [0.2, 0.25) is 0 Å². The quantitative estimate of drug-likeness (QED) is 0.281. The van der Waals surface area contributed by atoms with Crippen molar-refractivity contribution in [3.63, 3.8) is 0 Å². The molecular weight excluding hydrogens is 496 g/mol. The smallest absolute Gasteiger partial charge is 0.174 e. The predicted octanol–water partition coefficient (Wildman–Crippen LogP) is 6.04. The molecular formula is C30H30N4O3S. The molecule has 2 fully saturated rings.